The Morgan fingerprint density at radius 3 is 2.08 bits per heavy atom. The van der Waals surface area contributed by atoms with Gasteiger partial charge in [0.15, 0.2) is 11.4 Å². The molecule has 0 bridgehead atoms. The summed E-state index contributed by atoms with van der Waals surface area (Å²) >= 11 is 0. The van der Waals surface area contributed by atoms with Crippen molar-refractivity contribution in [1.82, 2.24) is 16.0 Å². The Kier molecular flexibility index (Phi) is 7.71. The minimum absolute atomic E-state index is 0.0534. The third-order valence-electron chi connectivity index (χ3n) is 7.23. The average Bonchev–Trinajstić information content (AvgIpc) is 3.41. The van der Waals surface area contributed by atoms with Gasteiger partial charge in [0.1, 0.15) is 12.6 Å². The largest absolute Gasteiger partial charge is 0.389 e. The summed E-state index contributed by atoms with van der Waals surface area (Å²) in [5.41, 5.74) is -0.0812. The molecule has 0 radical (unpaired) electrons. The molecule has 0 saturated carbocycles. The summed E-state index contributed by atoms with van der Waals surface area (Å²) in [7, 11) is 0. The van der Waals surface area contributed by atoms with Crippen molar-refractivity contribution in [2.45, 2.75) is 57.7 Å². The van der Waals surface area contributed by atoms with E-state index in [4.69, 9.17) is 0 Å². The van der Waals surface area contributed by atoms with Crippen LogP contribution in [0.2, 0.25) is 0 Å². The summed E-state index contributed by atoms with van der Waals surface area (Å²) in [5, 5.41) is 29.4. The lowest BCUT2D eigenvalue weighted by Gasteiger charge is -2.31. The van der Waals surface area contributed by atoms with E-state index in [0.29, 0.717) is 24.1 Å². The quantitative estimate of drug-likeness (QED) is 0.337. The van der Waals surface area contributed by atoms with Gasteiger partial charge in [-0.05, 0) is 35.8 Å². The van der Waals surface area contributed by atoms with Gasteiger partial charge >= 0.3 is 0 Å². The number of aliphatic hydroxyl groups is 2. The van der Waals surface area contributed by atoms with Crippen LogP contribution in [0.25, 0.3) is 11.1 Å². The number of hydrogen-bond donors (Lipinski definition) is 5. The Morgan fingerprint density at radius 2 is 1.58 bits per heavy atom. The van der Waals surface area contributed by atoms with E-state index in [9.17, 15) is 29.4 Å². The molecule has 3 amide bonds. The molecule has 4 rings (SSSR count). The summed E-state index contributed by atoms with van der Waals surface area (Å²) < 4.78 is 0. The highest BCUT2D eigenvalue weighted by molar-refractivity contribution is 6.01. The molecule has 9 heteroatoms. The topological polar surface area (TPSA) is 145 Å². The first kappa shape index (κ1) is 27.5. The number of rotatable bonds is 9. The van der Waals surface area contributed by atoms with Crippen LogP contribution in [0.5, 0.6) is 0 Å². The predicted octanol–water partition coefficient (Wildman–Crippen LogP) is 1.40. The van der Waals surface area contributed by atoms with Crippen LogP contribution in [0.1, 0.15) is 51.2 Å². The van der Waals surface area contributed by atoms with E-state index < -0.39 is 53.2 Å². The smallest absolute Gasteiger partial charge is 0.262 e. The second kappa shape index (κ2) is 10.7. The molecule has 2 aromatic rings. The van der Waals surface area contributed by atoms with Crippen molar-refractivity contribution in [2.24, 2.45) is 11.3 Å². The number of nitrogens with one attached hydrogen (secondary N) is 3. The van der Waals surface area contributed by atoms with Crippen LogP contribution in [0.15, 0.2) is 48.5 Å². The average molecular weight is 522 g/mol. The number of carbonyl (C=O) groups excluding carboxylic acids is 4. The fourth-order valence-corrected chi connectivity index (χ4v) is 5.35. The van der Waals surface area contributed by atoms with E-state index in [0.717, 1.165) is 11.1 Å². The van der Waals surface area contributed by atoms with E-state index in [2.05, 4.69) is 16.0 Å². The van der Waals surface area contributed by atoms with Crippen LogP contribution in [0, 0.1) is 11.3 Å². The molecule has 1 aliphatic heterocycles. The molecule has 1 aliphatic carbocycles. The maximum Gasteiger partial charge on any atom is 0.262 e. The standard InChI is InChI=1S/C29H35N3O6/c1-28(2,3)15-23(26(36)31-22(24(34)16-33)14-17-12-13-30-25(17)35)32-27(37)29(38)20-10-6-4-8-18(20)19-9-5-7-11-21(19)29/h4-11,17,22-23,33,38H,12-16H2,1-3H3,(H,30,35)(H,31,36)(H,32,37)/t17-,22+,23-/m0/s1. The number of benzene rings is 2. The van der Waals surface area contributed by atoms with Crippen molar-refractivity contribution in [3.63, 3.8) is 0 Å². The van der Waals surface area contributed by atoms with E-state index in [1.54, 1.807) is 24.3 Å². The highest BCUT2D eigenvalue weighted by Gasteiger charge is 2.49. The van der Waals surface area contributed by atoms with Gasteiger partial charge in [-0.1, -0.05) is 69.3 Å². The summed E-state index contributed by atoms with van der Waals surface area (Å²) in [6.07, 6.45) is 0.795. The molecular weight excluding hydrogens is 486 g/mol. The third-order valence-corrected chi connectivity index (χ3v) is 7.23. The Balaban J connectivity index is 1.61. The molecule has 1 heterocycles. The highest BCUT2D eigenvalue weighted by atomic mass is 16.3. The molecule has 0 aromatic heterocycles. The summed E-state index contributed by atoms with van der Waals surface area (Å²) in [5.74, 6) is -2.65. The van der Waals surface area contributed by atoms with Crippen molar-refractivity contribution in [2.75, 3.05) is 13.2 Å². The molecule has 0 spiro atoms. The normalized spacial score (nSPS) is 19.1. The van der Waals surface area contributed by atoms with Crippen molar-refractivity contribution < 1.29 is 29.4 Å². The number of hydrogen-bond acceptors (Lipinski definition) is 6. The van der Waals surface area contributed by atoms with Crippen LogP contribution in [0.4, 0.5) is 0 Å². The van der Waals surface area contributed by atoms with Gasteiger partial charge in [0.05, 0.1) is 6.04 Å². The molecule has 2 aliphatic rings. The van der Waals surface area contributed by atoms with Crippen LogP contribution in [0.3, 0.4) is 0 Å². The fourth-order valence-electron chi connectivity index (χ4n) is 5.35. The molecule has 0 unspecified atom stereocenters. The SMILES string of the molecule is CC(C)(C)C[C@H](NC(=O)C1(O)c2ccccc2-c2ccccc21)C(=O)N[C@H](C[C@@H]1CCNC1=O)C(=O)CO. The number of amides is 3. The van der Waals surface area contributed by atoms with Crippen LogP contribution < -0.4 is 16.0 Å². The Labute approximate surface area is 222 Å². The second-order valence-electron chi connectivity index (χ2n) is 11.3. The molecule has 38 heavy (non-hydrogen) atoms. The van der Waals surface area contributed by atoms with Gasteiger partial charge in [0.25, 0.3) is 5.91 Å². The Hall–Kier alpha value is -3.56. The van der Waals surface area contributed by atoms with E-state index in [1.165, 1.54) is 0 Å². The first-order valence-corrected chi connectivity index (χ1v) is 12.9. The zero-order valence-corrected chi connectivity index (χ0v) is 21.9. The van der Waals surface area contributed by atoms with Crippen molar-refractivity contribution >= 4 is 23.5 Å². The second-order valence-corrected chi connectivity index (χ2v) is 11.3. The minimum atomic E-state index is -2.01. The molecule has 2 aromatic carbocycles. The van der Waals surface area contributed by atoms with Crippen LogP contribution in [-0.4, -0.2) is 59.0 Å². The van der Waals surface area contributed by atoms with E-state index in [-0.39, 0.29) is 18.7 Å². The summed E-state index contributed by atoms with van der Waals surface area (Å²) in [6, 6.07) is 12.0. The first-order valence-electron chi connectivity index (χ1n) is 12.9. The maximum absolute atomic E-state index is 13.8. The van der Waals surface area contributed by atoms with Gasteiger partial charge in [-0.2, -0.15) is 0 Å². The maximum atomic E-state index is 13.8. The van der Waals surface area contributed by atoms with E-state index >= 15 is 0 Å². The number of carbonyl (C=O) groups is 4. The third kappa shape index (κ3) is 5.35. The lowest BCUT2D eigenvalue weighted by atomic mass is 9.86. The lowest BCUT2D eigenvalue weighted by Crippen LogP contribution is -2.56. The lowest BCUT2D eigenvalue weighted by molar-refractivity contribution is -0.140. The van der Waals surface area contributed by atoms with Gasteiger partial charge in [0.2, 0.25) is 11.8 Å². The van der Waals surface area contributed by atoms with Crippen molar-refractivity contribution in [1.29, 1.82) is 0 Å². The molecule has 1 saturated heterocycles. The monoisotopic (exact) mass is 521 g/mol. The number of ketones is 1. The fraction of sp³-hybridized carbons (Fsp3) is 0.448. The molecule has 202 valence electrons. The highest BCUT2D eigenvalue weighted by Crippen LogP contribution is 2.47. The predicted molar refractivity (Wildman–Crippen MR) is 141 cm³/mol. The van der Waals surface area contributed by atoms with Crippen LogP contribution >= 0.6 is 0 Å². The van der Waals surface area contributed by atoms with Gasteiger partial charge in [-0.3, -0.25) is 19.2 Å². The van der Waals surface area contributed by atoms with Gasteiger partial charge in [-0.25, -0.2) is 0 Å². The molecule has 3 atom stereocenters. The number of aliphatic hydroxyl groups excluding tert-OH is 1. The van der Waals surface area contributed by atoms with E-state index in [1.807, 2.05) is 45.0 Å². The van der Waals surface area contributed by atoms with Crippen molar-refractivity contribution in [3.05, 3.63) is 59.7 Å². The Morgan fingerprint density at radius 1 is 1.00 bits per heavy atom. The zero-order valence-electron chi connectivity index (χ0n) is 21.9. The number of fused-ring (bicyclic) bond motifs is 3. The van der Waals surface area contributed by atoms with Crippen molar-refractivity contribution in [3.8, 4) is 11.1 Å². The number of Topliss-reactive ketones (excluding diaryl/α,β-unsaturated/α-hetero) is 1. The molecular formula is C29H35N3O6. The summed E-state index contributed by atoms with van der Waals surface area (Å²) in [4.78, 5) is 51.9. The first-order chi connectivity index (χ1) is 18.0. The Bertz CT molecular complexity index is 1210. The minimum Gasteiger partial charge on any atom is -0.389 e. The molecule has 1 fully saturated rings. The zero-order chi connectivity index (χ0) is 27.7. The van der Waals surface area contributed by atoms with Crippen LogP contribution in [-0.2, 0) is 24.8 Å². The molecule has 5 N–H and O–H groups in total. The summed E-state index contributed by atoms with van der Waals surface area (Å²) in [6.45, 7) is 5.43. The van der Waals surface area contributed by atoms with Gasteiger partial charge in [-0.15, -0.1) is 0 Å². The van der Waals surface area contributed by atoms with Gasteiger partial charge in [0, 0.05) is 23.6 Å². The molecule has 9 nitrogen and oxygen atoms in total. The van der Waals surface area contributed by atoms with Gasteiger partial charge < -0.3 is 26.2 Å².